The number of benzene rings is 1. The molecular weight excluding hydrogens is 238 g/mol. The van der Waals surface area contributed by atoms with Crippen molar-refractivity contribution in [2.24, 2.45) is 12.8 Å². The van der Waals surface area contributed by atoms with Gasteiger partial charge in [-0.1, -0.05) is 41.9 Å². The number of Topliss-reactive ketones (excluding diaryl/α,β-unsaturated/α-hetero) is 1. The first kappa shape index (κ1) is 11.8. The summed E-state index contributed by atoms with van der Waals surface area (Å²) < 4.78 is 1.44. The maximum Gasteiger partial charge on any atom is 0.203 e. The van der Waals surface area contributed by atoms with Crippen LogP contribution in [0.25, 0.3) is 0 Å². The summed E-state index contributed by atoms with van der Waals surface area (Å²) in [6.07, 6.45) is 1.44. The third-order valence-electron chi connectivity index (χ3n) is 2.57. The third kappa shape index (κ3) is 2.23. The molecule has 0 spiro atoms. The molecule has 2 aromatic rings. The molecule has 2 rings (SSSR count). The third-order valence-corrected chi connectivity index (χ3v) is 2.85. The van der Waals surface area contributed by atoms with E-state index < -0.39 is 6.04 Å². The minimum Gasteiger partial charge on any atom is -0.317 e. The molecule has 1 aromatic heterocycles. The Labute approximate surface area is 104 Å². The molecule has 1 unspecified atom stereocenters. The number of nitrogens with two attached hydrogens (primary N) is 1. The minimum atomic E-state index is -0.718. The number of hydrogen-bond acceptors (Lipinski definition) is 3. The lowest BCUT2D eigenvalue weighted by Crippen LogP contribution is -2.23. The molecule has 2 N–H and O–H groups in total. The first-order valence-corrected chi connectivity index (χ1v) is 5.51. The highest BCUT2D eigenvalue weighted by Crippen LogP contribution is 2.21. The summed E-state index contributed by atoms with van der Waals surface area (Å²) in [6, 6.07) is 8.46. The SMILES string of the molecule is Cn1ncc(Cl)c1C(=O)C(N)c1ccccc1. The summed E-state index contributed by atoms with van der Waals surface area (Å²) in [5, 5.41) is 4.24. The zero-order chi connectivity index (χ0) is 12.4. The van der Waals surface area contributed by atoms with Crippen molar-refractivity contribution in [3.8, 4) is 0 Å². The van der Waals surface area contributed by atoms with E-state index in [1.165, 1.54) is 10.9 Å². The molecule has 4 nitrogen and oxygen atoms in total. The number of hydrogen-bond donors (Lipinski definition) is 1. The number of rotatable bonds is 3. The number of carbonyl (C=O) groups is 1. The van der Waals surface area contributed by atoms with Crippen molar-refractivity contribution in [3.63, 3.8) is 0 Å². The van der Waals surface area contributed by atoms with Gasteiger partial charge in [-0.05, 0) is 5.56 Å². The summed E-state index contributed by atoms with van der Waals surface area (Å²) in [6.45, 7) is 0. The highest BCUT2D eigenvalue weighted by molar-refractivity contribution is 6.33. The predicted molar refractivity (Wildman–Crippen MR) is 65.9 cm³/mol. The lowest BCUT2D eigenvalue weighted by atomic mass is 10.0. The highest BCUT2D eigenvalue weighted by Gasteiger charge is 2.23. The summed E-state index contributed by atoms with van der Waals surface area (Å²) in [7, 11) is 1.66. The van der Waals surface area contributed by atoms with Crippen LogP contribution in [0.2, 0.25) is 5.02 Å². The van der Waals surface area contributed by atoms with Gasteiger partial charge in [0, 0.05) is 7.05 Å². The second-order valence-electron chi connectivity index (χ2n) is 3.72. The van der Waals surface area contributed by atoms with Gasteiger partial charge in [0.15, 0.2) is 0 Å². The van der Waals surface area contributed by atoms with E-state index in [0.29, 0.717) is 10.7 Å². The van der Waals surface area contributed by atoms with Gasteiger partial charge in [-0.2, -0.15) is 5.10 Å². The molecule has 1 heterocycles. The van der Waals surface area contributed by atoms with Crippen molar-refractivity contribution >= 4 is 17.4 Å². The van der Waals surface area contributed by atoms with Crippen molar-refractivity contribution in [3.05, 3.63) is 52.8 Å². The molecule has 0 amide bonds. The Balaban J connectivity index is 2.33. The number of nitrogens with zero attached hydrogens (tertiary/aromatic N) is 2. The Hall–Kier alpha value is -1.65. The maximum absolute atomic E-state index is 12.2. The van der Waals surface area contributed by atoms with E-state index in [1.54, 1.807) is 7.05 Å². The second kappa shape index (κ2) is 4.69. The molecule has 0 bridgehead atoms. The van der Waals surface area contributed by atoms with E-state index in [-0.39, 0.29) is 5.78 Å². The molecule has 1 atom stereocenters. The average molecular weight is 250 g/mol. The zero-order valence-electron chi connectivity index (χ0n) is 9.30. The zero-order valence-corrected chi connectivity index (χ0v) is 10.1. The van der Waals surface area contributed by atoms with Crippen LogP contribution in [0, 0.1) is 0 Å². The van der Waals surface area contributed by atoms with Gasteiger partial charge in [-0.15, -0.1) is 0 Å². The first-order valence-electron chi connectivity index (χ1n) is 5.13. The van der Waals surface area contributed by atoms with Crippen LogP contribution >= 0.6 is 11.6 Å². The Morgan fingerprint density at radius 1 is 1.41 bits per heavy atom. The van der Waals surface area contributed by atoms with Crippen LogP contribution in [-0.4, -0.2) is 15.6 Å². The highest BCUT2D eigenvalue weighted by atomic mass is 35.5. The summed E-state index contributed by atoms with van der Waals surface area (Å²) in [5.41, 5.74) is 7.01. The van der Waals surface area contributed by atoms with Crippen molar-refractivity contribution in [2.45, 2.75) is 6.04 Å². The molecule has 88 valence electrons. The largest absolute Gasteiger partial charge is 0.317 e. The molecule has 0 aliphatic carbocycles. The molecule has 17 heavy (non-hydrogen) atoms. The fraction of sp³-hybridized carbons (Fsp3) is 0.167. The lowest BCUT2D eigenvalue weighted by molar-refractivity contribution is 0.0952. The number of ketones is 1. The van der Waals surface area contributed by atoms with Crippen molar-refractivity contribution in [1.82, 2.24) is 9.78 Å². The van der Waals surface area contributed by atoms with Crippen LogP contribution in [0.15, 0.2) is 36.5 Å². The molecule has 0 aliphatic rings. The van der Waals surface area contributed by atoms with E-state index in [0.717, 1.165) is 5.56 Å². The molecule has 0 saturated heterocycles. The Bertz CT molecular complexity index is 516. The molecule has 5 heteroatoms. The normalized spacial score (nSPS) is 12.4. The van der Waals surface area contributed by atoms with Crippen LogP contribution in [0.1, 0.15) is 22.1 Å². The smallest absolute Gasteiger partial charge is 0.203 e. The van der Waals surface area contributed by atoms with Crippen LogP contribution in [0.5, 0.6) is 0 Å². The van der Waals surface area contributed by atoms with Gasteiger partial charge in [-0.25, -0.2) is 0 Å². The summed E-state index contributed by atoms with van der Waals surface area (Å²) >= 11 is 5.91. The monoisotopic (exact) mass is 249 g/mol. The molecular formula is C12H12ClN3O. The van der Waals surface area contributed by atoms with E-state index in [2.05, 4.69) is 5.10 Å². The predicted octanol–water partition coefficient (Wildman–Crippen LogP) is 1.96. The number of aromatic nitrogens is 2. The molecule has 0 fully saturated rings. The van der Waals surface area contributed by atoms with Crippen LogP contribution in [0.3, 0.4) is 0 Å². The van der Waals surface area contributed by atoms with Gasteiger partial charge in [0.2, 0.25) is 5.78 Å². The van der Waals surface area contributed by atoms with Crippen LogP contribution < -0.4 is 5.73 Å². The van der Waals surface area contributed by atoms with E-state index >= 15 is 0 Å². The van der Waals surface area contributed by atoms with Crippen molar-refractivity contribution < 1.29 is 4.79 Å². The van der Waals surface area contributed by atoms with Gasteiger partial charge >= 0.3 is 0 Å². The van der Waals surface area contributed by atoms with E-state index in [1.807, 2.05) is 30.3 Å². The standard InChI is InChI=1S/C12H12ClN3O/c1-16-11(9(13)7-15-16)12(17)10(14)8-5-3-2-4-6-8/h2-7,10H,14H2,1H3. The molecule has 1 aromatic carbocycles. The van der Waals surface area contributed by atoms with Crippen LogP contribution in [-0.2, 0) is 7.05 Å². The average Bonchev–Trinajstić information content (AvgIpc) is 2.68. The number of carbonyl (C=O) groups excluding carboxylic acids is 1. The maximum atomic E-state index is 12.2. The summed E-state index contributed by atoms with van der Waals surface area (Å²) in [5.74, 6) is -0.235. The molecule has 0 radical (unpaired) electrons. The van der Waals surface area contributed by atoms with Crippen LogP contribution in [0.4, 0.5) is 0 Å². The van der Waals surface area contributed by atoms with Crippen molar-refractivity contribution in [1.29, 1.82) is 0 Å². The van der Waals surface area contributed by atoms with Gasteiger partial charge in [0.05, 0.1) is 17.3 Å². The number of halogens is 1. The van der Waals surface area contributed by atoms with E-state index in [9.17, 15) is 4.79 Å². The first-order chi connectivity index (χ1) is 8.11. The fourth-order valence-corrected chi connectivity index (χ4v) is 1.91. The minimum absolute atomic E-state index is 0.235. The van der Waals surface area contributed by atoms with Gasteiger partial charge in [-0.3, -0.25) is 9.48 Å². The molecule has 0 aliphatic heterocycles. The van der Waals surface area contributed by atoms with Gasteiger partial charge < -0.3 is 5.73 Å². The quantitative estimate of drug-likeness (QED) is 0.846. The van der Waals surface area contributed by atoms with Gasteiger partial charge in [0.25, 0.3) is 0 Å². The number of aryl methyl sites for hydroxylation is 1. The lowest BCUT2D eigenvalue weighted by Gasteiger charge is -2.11. The Morgan fingerprint density at radius 2 is 2.06 bits per heavy atom. The van der Waals surface area contributed by atoms with E-state index in [4.69, 9.17) is 17.3 Å². The fourth-order valence-electron chi connectivity index (χ4n) is 1.65. The van der Waals surface area contributed by atoms with Crippen molar-refractivity contribution in [2.75, 3.05) is 0 Å². The molecule has 0 saturated carbocycles. The Kier molecular flexibility index (Phi) is 3.26. The van der Waals surface area contributed by atoms with Gasteiger partial charge in [0.1, 0.15) is 5.69 Å². The second-order valence-corrected chi connectivity index (χ2v) is 4.12. The Morgan fingerprint density at radius 3 is 2.59 bits per heavy atom. The summed E-state index contributed by atoms with van der Waals surface area (Å²) in [4.78, 5) is 12.2. The topological polar surface area (TPSA) is 60.9 Å².